The Morgan fingerprint density at radius 1 is 1.32 bits per heavy atom. The van der Waals surface area contributed by atoms with Gasteiger partial charge < -0.3 is 14.4 Å². The van der Waals surface area contributed by atoms with Gasteiger partial charge in [-0.05, 0) is 26.0 Å². The van der Waals surface area contributed by atoms with Crippen molar-refractivity contribution in [1.82, 2.24) is 19.4 Å². The standard InChI is InChI=1S/C18H24N4O3/c1-3-22-11-8-19-16(22)13-21-9-6-18(7-10-21,17(23)24)25-15-5-4-14(2)20-12-15/h4-5,8,11-12H,3,6-7,9-10,13H2,1-2H3,(H,23,24). The second-order valence-electron chi connectivity index (χ2n) is 6.44. The zero-order valence-electron chi connectivity index (χ0n) is 14.7. The lowest BCUT2D eigenvalue weighted by atomic mass is 9.91. The van der Waals surface area contributed by atoms with E-state index in [-0.39, 0.29) is 0 Å². The first-order chi connectivity index (χ1) is 12.0. The summed E-state index contributed by atoms with van der Waals surface area (Å²) in [5, 5.41) is 9.75. The molecule has 0 saturated carbocycles. The summed E-state index contributed by atoms with van der Waals surface area (Å²) in [7, 11) is 0. The molecule has 0 bridgehead atoms. The molecule has 2 aromatic rings. The number of pyridine rings is 1. The van der Waals surface area contributed by atoms with E-state index in [2.05, 4.69) is 26.4 Å². The molecule has 0 spiro atoms. The zero-order valence-corrected chi connectivity index (χ0v) is 14.7. The Hall–Kier alpha value is -2.41. The largest absolute Gasteiger partial charge is 0.478 e. The van der Waals surface area contributed by atoms with Gasteiger partial charge in [0.1, 0.15) is 11.6 Å². The SMILES string of the molecule is CCn1ccnc1CN1CCC(Oc2ccc(C)nc2)(C(=O)O)CC1. The fourth-order valence-corrected chi connectivity index (χ4v) is 3.15. The highest BCUT2D eigenvalue weighted by atomic mass is 16.5. The Kier molecular flexibility index (Phi) is 5.03. The summed E-state index contributed by atoms with van der Waals surface area (Å²) in [6.45, 7) is 6.88. The van der Waals surface area contributed by atoms with Crippen molar-refractivity contribution in [3.05, 3.63) is 42.2 Å². The van der Waals surface area contributed by atoms with Crippen molar-refractivity contribution < 1.29 is 14.6 Å². The third-order valence-electron chi connectivity index (χ3n) is 4.76. The maximum atomic E-state index is 11.9. The molecule has 0 atom stereocenters. The van der Waals surface area contributed by atoms with Crippen molar-refractivity contribution in [2.75, 3.05) is 13.1 Å². The molecular weight excluding hydrogens is 320 g/mol. The molecule has 3 heterocycles. The number of ether oxygens (including phenoxy) is 1. The van der Waals surface area contributed by atoms with E-state index in [1.165, 1.54) is 0 Å². The fourth-order valence-electron chi connectivity index (χ4n) is 3.15. The Bertz CT molecular complexity index is 718. The monoisotopic (exact) mass is 344 g/mol. The van der Waals surface area contributed by atoms with Crippen LogP contribution in [-0.4, -0.2) is 49.2 Å². The Balaban J connectivity index is 1.66. The van der Waals surface area contributed by atoms with Gasteiger partial charge in [-0.15, -0.1) is 0 Å². The minimum atomic E-state index is -1.19. The molecule has 2 aromatic heterocycles. The molecule has 1 aliphatic heterocycles. The van der Waals surface area contributed by atoms with Crippen LogP contribution in [-0.2, 0) is 17.9 Å². The van der Waals surface area contributed by atoms with Crippen LogP contribution in [0.2, 0.25) is 0 Å². The van der Waals surface area contributed by atoms with Crippen molar-refractivity contribution in [3.8, 4) is 5.75 Å². The lowest BCUT2D eigenvalue weighted by molar-refractivity contribution is -0.160. The van der Waals surface area contributed by atoms with E-state index in [4.69, 9.17) is 4.74 Å². The normalized spacial score (nSPS) is 17.4. The molecule has 3 rings (SSSR count). The second kappa shape index (κ2) is 7.23. The van der Waals surface area contributed by atoms with Crippen LogP contribution in [0.5, 0.6) is 5.75 Å². The number of carbonyl (C=O) groups is 1. The van der Waals surface area contributed by atoms with Gasteiger partial charge in [0.05, 0.1) is 12.7 Å². The molecule has 25 heavy (non-hydrogen) atoms. The summed E-state index contributed by atoms with van der Waals surface area (Å²) in [6.07, 6.45) is 6.22. The van der Waals surface area contributed by atoms with Crippen molar-refractivity contribution in [3.63, 3.8) is 0 Å². The van der Waals surface area contributed by atoms with E-state index in [0.29, 0.717) is 31.7 Å². The number of aliphatic carboxylic acids is 1. The van der Waals surface area contributed by atoms with Crippen molar-refractivity contribution >= 4 is 5.97 Å². The second-order valence-corrected chi connectivity index (χ2v) is 6.44. The molecule has 7 nitrogen and oxygen atoms in total. The smallest absolute Gasteiger partial charge is 0.348 e. The molecule has 134 valence electrons. The average Bonchev–Trinajstić information content (AvgIpc) is 3.06. The van der Waals surface area contributed by atoms with Gasteiger partial charge in [-0.3, -0.25) is 9.88 Å². The highest BCUT2D eigenvalue weighted by Gasteiger charge is 2.44. The summed E-state index contributed by atoms with van der Waals surface area (Å²) < 4.78 is 7.98. The predicted molar refractivity (Wildman–Crippen MR) is 92.4 cm³/mol. The number of carboxylic acid groups (broad SMARTS) is 1. The van der Waals surface area contributed by atoms with Crippen molar-refractivity contribution in [2.24, 2.45) is 0 Å². The summed E-state index contributed by atoms with van der Waals surface area (Å²) in [6, 6.07) is 3.60. The maximum absolute atomic E-state index is 11.9. The van der Waals surface area contributed by atoms with Gasteiger partial charge in [0.15, 0.2) is 0 Å². The molecule has 1 N–H and O–H groups in total. The van der Waals surface area contributed by atoms with Crippen LogP contribution in [0, 0.1) is 6.92 Å². The van der Waals surface area contributed by atoms with Gasteiger partial charge >= 0.3 is 5.97 Å². The molecule has 0 amide bonds. The van der Waals surface area contributed by atoms with E-state index in [9.17, 15) is 9.90 Å². The van der Waals surface area contributed by atoms with Crippen LogP contribution < -0.4 is 4.74 Å². The fraction of sp³-hybridized carbons (Fsp3) is 0.500. The molecule has 0 aliphatic carbocycles. The van der Waals surface area contributed by atoms with E-state index in [1.807, 2.05) is 19.2 Å². The first-order valence-corrected chi connectivity index (χ1v) is 8.60. The summed E-state index contributed by atoms with van der Waals surface area (Å²) in [5.74, 6) is 0.597. The number of likely N-dealkylation sites (tertiary alicyclic amines) is 1. The quantitative estimate of drug-likeness (QED) is 0.864. The van der Waals surface area contributed by atoms with Crippen LogP contribution in [0.1, 0.15) is 31.3 Å². The van der Waals surface area contributed by atoms with E-state index in [1.54, 1.807) is 18.5 Å². The van der Waals surface area contributed by atoms with Gasteiger partial charge in [0.25, 0.3) is 0 Å². The first-order valence-electron chi connectivity index (χ1n) is 8.60. The van der Waals surface area contributed by atoms with Crippen LogP contribution in [0.25, 0.3) is 0 Å². The molecule has 0 radical (unpaired) electrons. The average molecular weight is 344 g/mol. The highest BCUT2D eigenvalue weighted by Crippen LogP contribution is 2.29. The number of rotatable bonds is 6. The van der Waals surface area contributed by atoms with Crippen molar-refractivity contribution in [1.29, 1.82) is 0 Å². The minimum Gasteiger partial charge on any atom is -0.478 e. The Morgan fingerprint density at radius 3 is 2.68 bits per heavy atom. The van der Waals surface area contributed by atoms with Gasteiger partial charge in [0, 0.05) is 50.6 Å². The lowest BCUT2D eigenvalue weighted by Crippen LogP contribution is -2.53. The molecule has 7 heteroatoms. The predicted octanol–water partition coefficient (Wildman–Crippen LogP) is 2.10. The third kappa shape index (κ3) is 3.82. The number of hydrogen-bond acceptors (Lipinski definition) is 5. The number of nitrogens with zero attached hydrogens (tertiary/aromatic N) is 4. The number of aryl methyl sites for hydroxylation is 2. The molecule has 1 fully saturated rings. The van der Waals surface area contributed by atoms with E-state index >= 15 is 0 Å². The zero-order chi connectivity index (χ0) is 17.9. The van der Waals surface area contributed by atoms with Gasteiger partial charge in [-0.2, -0.15) is 0 Å². The summed E-state index contributed by atoms with van der Waals surface area (Å²) in [5.41, 5.74) is -0.314. The highest BCUT2D eigenvalue weighted by molar-refractivity contribution is 5.78. The van der Waals surface area contributed by atoms with E-state index in [0.717, 1.165) is 24.6 Å². The van der Waals surface area contributed by atoms with Gasteiger partial charge in [0.2, 0.25) is 5.60 Å². The number of hydrogen-bond donors (Lipinski definition) is 1. The van der Waals surface area contributed by atoms with Crippen molar-refractivity contribution in [2.45, 2.75) is 45.4 Å². The van der Waals surface area contributed by atoms with Crippen LogP contribution in [0.4, 0.5) is 0 Å². The van der Waals surface area contributed by atoms with Gasteiger partial charge in [-0.25, -0.2) is 9.78 Å². The van der Waals surface area contributed by atoms with Gasteiger partial charge in [-0.1, -0.05) is 0 Å². The topological polar surface area (TPSA) is 80.5 Å². The number of aromatic nitrogens is 3. The number of imidazole rings is 1. The number of carboxylic acids is 1. The summed E-state index contributed by atoms with van der Waals surface area (Å²) >= 11 is 0. The Labute approximate surface area is 147 Å². The minimum absolute atomic E-state index is 0.434. The summed E-state index contributed by atoms with van der Waals surface area (Å²) in [4.78, 5) is 22.7. The lowest BCUT2D eigenvalue weighted by Gasteiger charge is -2.38. The van der Waals surface area contributed by atoms with Crippen LogP contribution in [0.15, 0.2) is 30.7 Å². The maximum Gasteiger partial charge on any atom is 0.348 e. The van der Waals surface area contributed by atoms with E-state index < -0.39 is 11.6 Å². The molecule has 0 aromatic carbocycles. The molecule has 1 aliphatic rings. The van der Waals surface area contributed by atoms with Crippen LogP contribution in [0.3, 0.4) is 0 Å². The van der Waals surface area contributed by atoms with Crippen LogP contribution >= 0.6 is 0 Å². The molecule has 0 unspecified atom stereocenters. The first kappa shape index (κ1) is 17.4. The Morgan fingerprint density at radius 2 is 2.08 bits per heavy atom. The number of piperidine rings is 1. The third-order valence-corrected chi connectivity index (χ3v) is 4.76. The molecular formula is C18H24N4O3. The molecule has 1 saturated heterocycles.